The second kappa shape index (κ2) is 6.41. The molecule has 3 nitrogen and oxygen atoms in total. The van der Waals surface area contributed by atoms with Gasteiger partial charge in [0.2, 0.25) is 6.29 Å². The molecule has 0 amide bonds. The Morgan fingerprint density at radius 1 is 0.955 bits per heavy atom. The van der Waals surface area contributed by atoms with Gasteiger partial charge in [0.15, 0.2) is 0 Å². The van der Waals surface area contributed by atoms with Crippen molar-refractivity contribution < 1.29 is 14.3 Å². The van der Waals surface area contributed by atoms with Crippen molar-refractivity contribution >= 4 is 17.1 Å². The molecule has 0 saturated carbocycles. The summed E-state index contributed by atoms with van der Waals surface area (Å²) in [7, 11) is 1.61. The number of hydrogen-bond donors (Lipinski definition) is 0. The van der Waals surface area contributed by atoms with Gasteiger partial charge in [-0.25, -0.2) is 0 Å². The van der Waals surface area contributed by atoms with Gasteiger partial charge in [-0.1, -0.05) is 54.6 Å². The quantitative estimate of drug-likeness (QED) is 0.517. The Labute approximate surface area is 129 Å². The van der Waals surface area contributed by atoms with Gasteiger partial charge in [0.05, 0.1) is 0 Å². The molecule has 0 bridgehead atoms. The summed E-state index contributed by atoms with van der Waals surface area (Å²) < 4.78 is 11.4. The lowest BCUT2D eigenvalue weighted by Gasteiger charge is -2.19. The summed E-state index contributed by atoms with van der Waals surface area (Å²) in [6.45, 7) is 0. The standard InChI is InChI=1S/C19H16O3/c1-21-19(22-16-9-4-6-14(12-16)13-20)18-11-5-8-15-7-2-3-10-17(15)18/h2-13,19H,1H3. The maximum Gasteiger partial charge on any atom is 0.227 e. The molecule has 0 N–H and O–H groups in total. The van der Waals surface area contributed by atoms with E-state index in [9.17, 15) is 4.79 Å². The summed E-state index contributed by atoms with van der Waals surface area (Å²) >= 11 is 0. The molecule has 0 saturated heterocycles. The molecule has 1 atom stereocenters. The number of hydrogen-bond acceptors (Lipinski definition) is 3. The summed E-state index contributed by atoms with van der Waals surface area (Å²) in [6, 6.07) is 21.1. The molecule has 110 valence electrons. The SMILES string of the molecule is COC(Oc1cccc(C=O)c1)c1cccc2ccccc12. The van der Waals surface area contributed by atoms with Gasteiger partial charge >= 0.3 is 0 Å². The summed E-state index contributed by atoms with van der Waals surface area (Å²) in [6.07, 6.45) is 0.264. The maximum atomic E-state index is 10.9. The van der Waals surface area contributed by atoms with Crippen molar-refractivity contribution in [3.8, 4) is 5.75 Å². The van der Waals surface area contributed by atoms with Crippen LogP contribution in [0.15, 0.2) is 66.7 Å². The molecule has 3 heteroatoms. The Morgan fingerprint density at radius 3 is 2.55 bits per heavy atom. The van der Waals surface area contributed by atoms with Crippen LogP contribution in [0.5, 0.6) is 5.75 Å². The molecule has 0 radical (unpaired) electrons. The number of benzene rings is 3. The molecule has 0 aliphatic heterocycles. The van der Waals surface area contributed by atoms with Gasteiger partial charge in [0.25, 0.3) is 0 Å². The minimum atomic E-state index is -0.534. The van der Waals surface area contributed by atoms with E-state index in [1.54, 1.807) is 25.3 Å². The summed E-state index contributed by atoms with van der Waals surface area (Å²) in [4.78, 5) is 10.9. The Morgan fingerprint density at radius 2 is 1.73 bits per heavy atom. The van der Waals surface area contributed by atoms with E-state index in [-0.39, 0.29) is 0 Å². The fourth-order valence-electron chi connectivity index (χ4n) is 2.48. The number of methoxy groups -OCH3 is 1. The van der Waals surface area contributed by atoms with E-state index >= 15 is 0 Å². The number of carbonyl (C=O) groups is 1. The lowest BCUT2D eigenvalue weighted by Crippen LogP contribution is -2.10. The van der Waals surface area contributed by atoms with Crippen LogP contribution in [-0.2, 0) is 4.74 Å². The normalized spacial score (nSPS) is 12.0. The number of ether oxygens (including phenoxy) is 2. The van der Waals surface area contributed by atoms with E-state index in [2.05, 4.69) is 12.1 Å². The lowest BCUT2D eigenvalue weighted by molar-refractivity contribution is -0.0552. The van der Waals surface area contributed by atoms with Gasteiger partial charge < -0.3 is 9.47 Å². The Balaban J connectivity index is 1.97. The predicted molar refractivity (Wildman–Crippen MR) is 86.2 cm³/mol. The molecule has 0 aromatic heterocycles. The van der Waals surface area contributed by atoms with Crippen molar-refractivity contribution in [2.24, 2.45) is 0 Å². The van der Waals surface area contributed by atoms with Crippen molar-refractivity contribution in [2.75, 3.05) is 7.11 Å². The average Bonchev–Trinajstić information content (AvgIpc) is 2.59. The topological polar surface area (TPSA) is 35.5 Å². The molecule has 3 aromatic rings. The number of carbonyl (C=O) groups excluding carboxylic acids is 1. The van der Waals surface area contributed by atoms with Crippen LogP contribution in [0.1, 0.15) is 22.2 Å². The molecule has 3 rings (SSSR count). The van der Waals surface area contributed by atoms with Gasteiger partial charge in [-0.2, -0.15) is 0 Å². The van der Waals surface area contributed by atoms with Crippen LogP contribution >= 0.6 is 0 Å². The monoisotopic (exact) mass is 292 g/mol. The lowest BCUT2D eigenvalue weighted by atomic mass is 10.0. The van der Waals surface area contributed by atoms with E-state index in [0.29, 0.717) is 11.3 Å². The third kappa shape index (κ3) is 2.85. The zero-order valence-electron chi connectivity index (χ0n) is 12.2. The Hall–Kier alpha value is -2.65. The third-order valence-electron chi connectivity index (χ3n) is 3.53. The zero-order chi connectivity index (χ0) is 15.4. The van der Waals surface area contributed by atoms with Crippen LogP contribution in [0.2, 0.25) is 0 Å². The molecule has 0 heterocycles. The van der Waals surface area contributed by atoms with Crippen molar-refractivity contribution in [1.82, 2.24) is 0 Å². The predicted octanol–water partition coefficient (Wildman–Crippen LogP) is 4.38. The smallest absolute Gasteiger partial charge is 0.227 e. The van der Waals surface area contributed by atoms with Crippen LogP contribution in [0.3, 0.4) is 0 Å². The molecule has 3 aromatic carbocycles. The molecular formula is C19H16O3. The van der Waals surface area contributed by atoms with E-state index in [1.807, 2.05) is 36.4 Å². The van der Waals surface area contributed by atoms with Gasteiger partial charge in [-0.15, -0.1) is 0 Å². The number of aldehydes is 1. The van der Waals surface area contributed by atoms with Crippen LogP contribution < -0.4 is 4.74 Å². The van der Waals surface area contributed by atoms with Crippen molar-refractivity contribution in [3.63, 3.8) is 0 Å². The number of rotatable bonds is 5. The largest absolute Gasteiger partial charge is 0.461 e. The highest BCUT2D eigenvalue weighted by atomic mass is 16.7. The molecule has 22 heavy (non-hydrogen) atoms. The Bertz CT molecular complexity index is 790. The highest BCUT2D eigenvalue weighted by Crippen LogP contribution is 2.29. The van der Waals surface area contributed by atoms with Gasteiger partial charge in [-0.3, -0.25) is 4.79 Å². The maximum absolute atomic E-state index is 10.9. The summed E-state index contributed by atoms with van der Waals surface area (Å²) in [5, 5.41) is 2.22. The van der Waals surface area contributed by atoms with Gasteiger partial charge in [-0.05, 0) is 22.9 Å². The highest BCUT2D eigenvalue weighted by Gasteiger charge is 2.15. The first-order valence-electron chi connectivity index (χ1n) is 7.04. The van der Waals surface area contributed by atoms with Crippen LogP contribution in [0.25, 0.3) is 10.8 Å². The highest BCUT2D eigenvalue weighted by molar-refractivity contribution is 5.85. The second-order valence-electron chi connectivity index (χ2n) is 4.94. The van der Waals surface area contributed by atoms with Crippen molar-refractivity contribution in [2.45, 2.75) is 6.29 Å². The van der Waals surface area contributed by atoms with E-state index in [4.69, 9.17) is 9.47 Å². The van der Waals surface area contributed by atoms with Crippen LogP contribution in [0, 0.1) is 0 Å². The average molecular weight is 292 g/mol. The molecule has 1 unspecified atom stereocenters. The van der Waals surface area contributed by atoms with E-state index < -0.39 is 6.29 Å². The first-order valence-corrected chi connectivity index (χ1v) is 7.04. The minimum Gasteiger partial charge on any atom is -0.461 e. The van der Waals surface area contributed by atoms with E-state index in [0.717, 1.165) is 22.6 Å². The fourth-order valence-corrected chi connectivity index (χ4v) is 2.48. The van der Waals surface area contributed by atoms with Crippen LogP contribution in [0.4, 0.5) is 0 Å². The molecule has 0 aliphatic carbocycles. The first-order chi connectivity index (χ1) is 10.8. The molecule has 0 spiro atoms. The fraction of sp³-hybridized carbons (Fsp3) is 0.105. The Kier molecular flexibility index (Phi) is 4.17. The molecular weight excluding hydrogens is 276 g/mol. The zero-order valence-corrected chi connectivity index (χ0v) is 12.2. The van der Waals surface area contributed by atoms with Crippen LogP contribution in [-0.4, -0.2) is 13.4 Å². The van der Waals surface area contributed by atoms with Gasteiger partial charge in [0.1, 0.15) is 12.0 Å². The van der Waals surface area contributed by atoms with E-state index in [1.165, 1.54) is 0 Å². The second-order valence-corrected chi connectivity index (χ2v) is 4.94. The molecule has 0 fully saturated rings. The first kappa shape index (κ1) is 14.3. The number of fused-ring (bicyclic) bond motifs is 1. The third-order valence-corrected chi connectivity index (χ3v) is 3.53. The van der Waals surface area contributed by atoms with Crippen molar-refractivity contribution in [3.05, 3.63) is 77.9 Å². The summed E-state index contributed by atoms with van der Waals surface area (Å²) in [5.74, 6) is 0.601. The summed E-state index contributed by atoms with van der Waals surface area (Å²) in [5.41, 5.74) is 1.53. The minimum absolute atomic E-state index is 0.534. The van der Waals surface area contributed by atoms with Crippen molar-refractivity contribution in [1.29, 1.82) is 0 Å². The molecule has 0 aliphatic rings. The van der Waals surface area contributed by atoms with Gasteiger partial charge in [0, 0.05) is 18.2 Å².